The fourth-order valence-electron chi connectivity index (χ4n) is 1.89. The Morgan fingerprint density at radius 3 is 1.74 bits per heavy atom. The van der Waals surface area contributed by atoms with Gasteiger partial charge in [-0.25, -0.2) is 14.4 Å². The van der Waals surface area contributed by atoms with Gasteiger partial charge in [-0.2, -0.15) is 4.89 Å². The minimum absolute atomic E-state index is 0.0365. The predicted octanol–water partition coefficient (Wildman–Crippen LogP) is 0.694. The summed E-state index contributed by atoms with van der Waals surface area (Å²) in [7, 11) is 0. The minimum Gasteiger partial charge on any atom is -0.545 e. The number of hydrogen-bond acceptors (Lipinski definition) is 8. The van der Waals surface area contributed by atoms with Crippen LogP contribution in [0, 0.1) is 0 Å². The number of hydrogen-bond donors (Lipinski definition) is 1. The Bertz CT molecular complexity index is 767. The van der Waals surface area contributed by atoms with Crippen LogP contribution in [0.5, 0.6) is 0 Å². The van der Waals surface area contributed by atoms with Crippen molar-refractivity contribution in [2.45, 2.75) is 0 Å². The predicted molar refractivity (Wildman–Crippen MR) is 85.8 cm³/mol. The van der Waals surface area contributed by atoms with Crippen LogP contribution in [-0.4, -0.2) is 42.2 Å². The lowest BCUT2D eigenvalue weighted by Crippen LogP contribution is -2.22. The first-order valence-corrected chi connectivity index (χ1v) is 7.54. The van der Waals surface area contributed by atoms with Crippen molar-refractivity contribution < 1.29 is 43.9 Å². The van der Waals surface area contributed by atoms with E-state index < -0.39 is 23.9 Å². The third-order valence-electron chi connectivity index (χ3n) is 3.26. The summed E-state index contributed by atoms with van der Waals surface area (Å²) in [5.74, 6) is -4.03. The Morgan fingerprint density at radius 2 is 1.22 bits per heavy atom. The van der Waals surface area contributed by atoms with Gasteiger partial charge in [-0.1, -0.05) is 12.1 Å². The number of carboxylic acids is 2. The van der Waals surface area contributed by atoms with Crippen LogP contribution in [0.1, 0.15) is 41.4 Å². The van der Waals surface area contributed by atoms with Gasteiger partial charge in [-0.05, 0) is 42.0 Å². The van der Waals surface area contributed by atoms with E-state index in [1.54, 1.807) is 0 Å². The molecule has 9 heteroatoms. The first-order chi connectivity index (χ1) is 12.9. The van der Waals surface area contributed by atoms with E-state index in [0.717, 1.165) is 0 Å². The number of benzene rings is 2. The highest BCUT2D eigenvalue weighted by Crippen LogP contribution is 2.07. The molecule has 0 amide bonds. The van der Waals surface area contributed by atoms with Crippen molar-refractivity contribution in [1.29, 1.82) is 0 Å². The smallest absolute Gasteiger partial charge is 0.373 e. The summed E-state index contributed by atoms with van der Waals surface area (Å²) in [6.45, 7) is -0.446. The number of esters is 1. The van der Waals surface area contributed by atoms with Crippen molar-refractivity contribution in [2.24, 2.45) is 0 Å². The molecule has 0 aliphatic carbocycles. The molecule has 0 aliphatic rings. The van der Waals surface area contributed by atoms with Crippen molar-refractivity contribution >= 4 is 23.9 Å². The Balaban J connectivity index is 1.71. The van der Waals surface area contributed by atoms with E-state index in [4.69, 9.17) is 9.84 Å². The second-order valence-corrected chi connectivity index (χ2v) is 5.08. The Hall–Kier alpha value is -3.72. The van der Waals surface area contributed by atoms with E-state index in [9.17, 15) is 24.3 Å². The standard InChI is InChI=1S/C18H14O9/c19-15(20)11-1-5-13(6-2-11)17(23)25-9-10-26-27-18(24)14-7-3-12(4-8-14)16(21)22/h1-8H,9-10H2,(H,19,20)(H,21,22)/p-1. The molecular formula is C18H13O9-. The molecule has 0 fully saturated rings. The van der Waals surface area contributed by atoms with E-state index >= 15 is 0 Å². The number of carbonyl (C=O) groups is 4. The maximum Gasteiger partial charge on any atom is 0.373 e. The molecule has 1 N–H and O–H groups in total. The molecule has 0 bridgehead atoms. The zero-order valence-electron chi connectivity index (χ0n) is 13.7. The topological polar surface area (TPSA) is 139 Å². The fraction of sp³-hybridized carbons (Fsp3) is 0.111. The van der Waals surface area contributed by atoms with Crippen molar-refractivity contribution in [3.05, 3.63) is 70.8 Å². The van der Waals surface area contributed by atoms with Gasteiger partial charge < -0.3 is 19.7 Å². The van der Waals surface area contributed by atoms with Crippen LogP contribution in [-0.2, 0) is 14.5 Å². The molecule has 0 atom stereocenters. The van der Waals surface area contributed by atoms with Crippen LogP contribution in [0.15, 0.2) is 48.5 Å². The van der Waals surface area contributed by atoms with Crippen LogP contribution in [0.2, 0.25) is 0 Å². The van der Waals surface area contributed by atoms with E-state index in [1.807, 2.05) is 0 Å². The molecule has 0 aromatic heterocycles. The van der Waals surface area contributed by atoms with E-state index in [-0.39, 0.29) is 35.5 Å². The van der Waals surface area contributed by atoms with E-state index in [1.165, 1.54) is 48.5 Å². The van der Waals surface area contributed by atoms with Gasteiger partial charge in [0, 0.05) is 0 Å². The molecule has 2 aromatic carbocycles. The molecular weight excluding hydrogens is 360 g/mol. The SMILES string of the molecule is O=C([O-])c1ccc(C(=O)OOCCOC(=O)c2ccc(C(=O)O)cc2)cc1. The summed E-state index contributed by atoms with van der Waals surface area (Å²) < 4.78 is 4.88. The third-order valence-corrected chi connectivity index (χ3v) is 3.26. The number of ether oxygens (including phenoxy) is 1. The zero-order valence-corrected chi connectivity index (χ0v) is 13.7. The molecule has 9 nitrogen and oxygen atoms in total. The first kappa shape index (κ1) is 19.6. The molecule has 2 aromatic rings. The molecule has 0 spiro atoms. The normalized spacial score (nSPS) is 10.1. The van der Waals surface area contributed by atoms with E-state index in [0.29, 0.717) is 0 Å². The quantitative estimate of drug-likeness (QED) is 0.306. The summed E-state index contributed by atoms with van der Waals surface area (Å²) in [6, 6.07) is 9.99. The summed E-state index contributed by atoms with van der Waals surface area (Å²) in [5.41, 5.74) is 0.172. The Morgan fingerprint density at radius 1 is 0.741 bits per heavy atom. The molecule has 2 rings (SSSR count). The monoisotopic (exact) mass is 373 g/mol. The lowest BCUT2D eigenvalue weighted by atomic mass is 10.1. The molecule has 0 radical (unpaired) electrons. The van der Waals surface area contributed by atoms with Gasteiger partial charge in [0.25, 0.3) is 0 Å². The molecule has 0 heterocycles. The lowest BCUT2D eigenvalue weighted by Gasteiger charge is -2.07. The maximum atomic E-state index is 11.7. The van der Waals surface area contributed by atoms with Gasteiger partial charge in [-0.3, -0.25) is 4.89 Å². The van der Waals surface area contributed by atoms with Gasteiger partial charge in [0.15, 0.2) is 0 Å². The molecule has 0 saturated carbocycles. The van der Waals surface area contributed by atoms with Gasteiger partial charge in [0.05, 0.1) is 22.7 Å². The van der Waals surface area contributed by atoms with Gasteiger partial charge in [-0.15, -0.1) is 0 Å². The van der Waals surface area contributed by atoms with Crippen molar-refractivity contribution in [3.63, 3.8) is 0 Å². The Kier molecular flexibility index (Phi) is 6.61. The minimum atomic E-state index is -1.37. The van der Waals surface area contributed by atoms with Crippen LogP contribution >= 0.6 is 0 Å². The van der Waals surface area contributed by atoms with Crippen LogP contribution in [0.25, 0.3) is 0 Å². The summed E-state index contributed by atoms with van der Waals surface area (Å²) >= 11 is 0. The molecule has 0 aliphatic heterocycles. The van der Waals surface area contributed by atoms with E-state index in [2.05, 4.69) is 9.78 Å². The second-order valence-electron chi connectivity index (χ2n) is 5.08. The largest absolute Gasteiger partial charge is 0.545 e. The average Bonchev–Trinajstić information content (AvgIpc) is 2.67. The Labute approximate surface area is 152 Å². The van der Waals surface area contributed by atoms with Crippen LogP contribution in [0.3, 0.4) is 0 Å². The second kappa shape index (κ2) is 9.11. The zero-order chi connectivity index (χ0) is 19.8. The number of rotatable bonds is 8. The molecule has 0 saturated heterocycles. The highest BCUT2D eigenvalue weighted by atomic mass is 17.2. The lowest BCUT2D eigenvalue weighted by molar-refractivity contribution is -0.255. The number of carbonyl (C=O) groups excluding carboxylic acids is 3. The summed E-state index contributed by atoms with van der Waals surface area (Å²) in [4.78, 5) is 53.9. The van der Waals surface area contributed by atoms with Crippen LogP contribution < -0.4 is 5.11 Å². The van der Waals surface area contributed by atoms with Crippen molar-refractivity contribution in [1.82, 2.24) is 0 Å². The highest BCUT2D eigenvalue weighted by Gasteiger charge is 2.11. The summed E-state index contributed by atoms with van der Waals surface area (Å²) in [5, 5.41) is 19.4. The fourth-order valence-corrected chi connectivity index (χ4v) is 1.89. The highest BCUT2D eigenvalue weighted by molar-refractivity contribution is 5.93. The first-order valence-electron chi connectivity index (χ1n) is 7.54. The number of carboxylic acid groups (broad SMARTS) is 2. The van der Waals surface area contributed by atoms with Gasteiger partial charge >= 0.3 is 17.9 Å². The van der Waals surface area contributed by atoms with Crippen molar-refractivity contribution in [3.8, 4) is 0 Å². The van der Waals surface area contributed by atoms with Gasteiger partial charge in [0.2, 0.25) is 0 Å². The third kappa shape index (κ3) is 5.65. The van der Waals surface area contributed by atoms with Gasteiger partial charge in [0.1, 0.15) is 13.2 Å². The number of aromatic carboxylic acids is 2. The molecule has 140 valence electrons. The molecule has 0 unspecified atom stereocenters. The summed E-state index contributed by atoms with van der Waals surface area (Å²) in [6.07, 6.45) is 0. The average molecular weight is 373 g/mol. The van der Waals surface area contributed by atoms with Crippen LogP contribution in [0.4, 0.5) is 0 Å². The van der Waals surface area contributed by atoms with Crippen molar-refractivity contribution in [2.75, 3.05) is 13.2 Å². The molecule has 27 heavy (non-hydrogen) atoms. The maximum absolute atomic E-state index is 11.7.